The van der Waals surface area contributed by atoms with Crippen LogP contribution in [0.3, 0.4) is 0 Å². The Hall–Kier alpha value is -3.27. The number of unbranched alkanes of at least 4 members (excludes halogenated alkanes) is 14. The van der Waals surface area contributed by atoms with Crippen LogP contribution in [0.5, 0.6) is 0 Å². The quantitative estimate of drug-likeness (QED) is 0.0197. The summed E-state index contributed by atoms with van der Waals surface area (Å²) in [6.07, 6.45) is 48.2. The van der Waals surface area contributed by atoms with Crippen molar-refractivity contribution >= 4 is 17.9 Å². The third-order valence-corrected chi connectivity index (χ3v) is 9.47. The second kappa shape index (κ2) is 41.5. The van der Waals surface area contributed by atoms with Crippen molar-refractivity contribution in [3.63, 3.8) is 0 Å². The predicted octanol–water partition coefficient (Wildman–Crippen LogP) is 11.0. The number of hydrogen-bond acceptors (Lipinski definition) is 8. The molecular formula is C50H85NO8. The van der Waals surface area contributed by atoms with E-state index in [0.717, 1.165) is 83.5 Å². The van der Waals surface area contributed by atoms with Gasteiger partial charge in [-0.2, -0.15) is 0 Å². The molecule has 0 fully saturated rings. The molecule has 0 aromatic carbocycles. The van der Waals surface area contributed by atoms with Crippen molar-refractivity contribution in [3.05, 3.63) is 72.9 Å². The van der Waals surface area contributed by atoms with Crippen molar-refractivity contribution in [1.29, 1.82) is 0 Å². The van der Waals surface area contributed by atoms with Crippen molar-refractivity contribution in [2.45, 2.75) is 180 Å². The Morgan fingerprint density at radius 1 is 0.525 bits per heavy atom. The molecule has 59 heavy (non-hydrogen) atoms. The molecule has 0 radical (unpaired) electrons. The van der Waals surface area contributed by atoms with E-state index in [9.17, 15) is 19.5 Å². The van der Waals surface area contributed by atoms with E-state index in [1.165, 1.54) is 51.4 Å². The molecule has 0 aromatic heterocycles. The first kappa shape index (κ1) is 55.7. The average molecular weight is 828 g/mol. The number of ether oxygens (including phenoxy) is 4. The summed E-state index contributed by atoms with van der Waals surface area (Å²) in [5.74, 6) is -2.31. The molecule has 0 aromatic rings. The predicted molar refractivity (Wildman–Crippen MR) is 241 cm³/mol. The molecule has 0 amide bonds. The van der Waals surface area contributed by atoms with Crippen LogP contribution in [0.1, 0.15) is 168 Å². The molecular weight excluding hydrogens is 743 g/mol. The molecule has 0 rings (SSSR count). The van der Waals surface area contributed by atoms with E-state index >= 15 is 0 Å². The van der Waals surface area contributed by atoms with E-state index in [2.05, 4.69) is 86.8 Å². The maximum Gasteiger partial charge on any atom is 0.306 e. The lowest BCUT2D eigenvalue weighted by molar-refractivity contribution is -0.870. The van der Waals surface area contributed by atoms with Gasteiger partial charge in [0.05, 0.1) is 40.3 Å². The third-order valence-electron chi connectivity index (χ3n) is 9.47. The van der Waals surface area contributed by atoms with Crippen LogP contribution in [-0.4, -0.2) is 82.3 Å². The number of allylic oxidation sites excluding steroid dienone is 12. The van der Waals surface area contributed by atoms with Crippen molar-refractivity contribution in [2.75, 3.05) is 47.5 Å². The number of carbonyl (C=O) groups excluding carboxylic acids is 3. The van der Waals surface area contributed by atoms with Crippen LogP contribution in [0.2, 0.25) is 0 Å². The second-order valence-corrected chi connectivity index (χ2v) is 16.3. The molecule has 0 N–H and O–H groups in total. The monoisotopic (exact) mass is 828 g/mol. The lowest BCUT2D eigenvalue weighted by Crippen LogP contribution is -2.44. The third kappa shape index (κ3) is 42.7. The zero-order valence-electron chi connectivity index (χ0n) is 38.1. The largest absolute Gasteiger partial charge is 0.545 e. The van der Waals surface area contributed by atoms with Gasteiger partial charge in [-0.25, -0.2) is 0 Å². The van der Waals surface area contributed by atoms with Gasteiger partial charge in [-0.1, -0.05) is 164 Å². The molecule has 0 saturated heterocycles. The van der Waals surface area contributed by atoms with Gasteiger partial charge in [0.15, 0.2) is 12.4 Å². The van der Waals surface area contributed by atoms with Gasteiger partial charge < -0.3 is 33.3 Å². The molecule has 0 aliphatic carbocycles. The van der Waals surface area contributed by atoms with Crippen LogP contribution in [0.25, 0.3) is 0 Å². The zero-order chi connectivity index (χ0) is 43.5. The summed E-state index contributed by atoms with van der Waals surface area (Å²) in [7, 11) is 5.89. The zero-order valence-corrected chi connectivity index (χ0v) is 38.1. The number of nitrogens with zero attached hydrogens (tertiary/aromatic N) is 1. The van der Waals surface area contributed by atoms with Crippen molar-refractivity contribution in [2.24, 2.45) is 0 Å². The van der Waals surface area contributed by atoms with E-state index in [4.69, 9.17) is 18.9 Å². The van der Waals surface area contributed by atoms with E-state index in [1.807, 2.05) is 21.1 Å². The molecule has 0 saturated carbocycles. The molecule has 0 heterocycles. The van der Waals surface area contributed by atoms with Gasteiger partial charge >= 0.3 is 11.9 Å². The molecule has 0 aliphatic heterocycles. The van der Waals surface area contributed by atoms with Gasteiger partial charge in [0.2, 0.25) is 0 Å². The Morgan fingerprint density at radius 3 is 1.44 bits per heavy atom. The lowest BCUT2D eigenvalue weighted by atomic mass is 10.1. The highest BCUT2D eigenvalue weighted by molar-refractivity contribution is 5.70. The summed E-state index contributed by atoms with van der Waals surface area (Å²) >= 11 is 0. The number of hydrogen-bond donors (Lipinski definition) is 0. The smallest absolute Gasteiger partial charge is 0.306 e. The fraction of sp³-hybridized carbons (Fsp3) is 0.700. The maximum atomic E-state index is 12.7. The van der Waals surface area contributed by atoms with Gasteiger partial charge in [0.25, 0.3) is 0 Å². The molecule has 0 spiro atoms. The molecule has 338 valence electrons. The number of carboxylic acid groups (broad SMARTS) is 1. The fourth-order valence-electron chi connectivity index (χ4n) is 5.89. The van der Waals surface area contributed by atoms with Crippen LogP contribution >= 0.6 is 0 Å². The highest BCUT2D eigenvalue weighted by Gasteiger charge is 2.21. The number of carboxylic acids is 1. The first-order valence-electron chi connectivity index (χ1n) is 23.1. The first-order valence-corrected chi connectivity index (χ1v) is 23.1. The van der Waals surface area contributed by atoms with E-state index in [1.54, 1.807) is 0 Å². The van der Waals surface area contributed by atoms with Crippen molar-refractivity contribution in [1.82, 2.24) is 0 Å². The maximum absolute atomic E-state index is 12.7. The first-order chi connectivity index (χ1) is 28.6. The van der Waals surface area contributed by atoms with E-state index in [0.29, 0.717) is 17.4 Å². The normalized spacial score (nSPS) is 13.6. The van der Waals surface area contributed by atoms with Gasteiger partial charge in [-0.3, -0.25) is 9.59 Å². The molecule has 0 aliphatic rings. The van der Waals surface area contributed by atoms with Gasteiger partial charge in [-0.15, -0.1) is 0 Å². The minimum absolute atomic E-state index is 0.143. The molecule has 9 nitrogen and oxygen atoms in total. The number of rotatable bonds is 41. The summed E-state index contributed by atoms with van der Waals surface area (Å²) in [6, 6.07) is 0. The topological polar surface area (TPSA) is 111 Å². The molecule has 0 bridgehead atoms. The summed E-state index contributed by atoms with van der Waals surface area (Å²) in [4.78, 5) is 36.8. The summed E-state index contributed by atoms with van der Waals surface area (Å²) in [5, 5.41) is 11.7. The molecule has 2 atom stereocenters. The summed E-state index contributed by atoms with van der Waals surface area (Å²) < 4.78 is 22.4. The van der Waals surface area contributed by atoms with Gasteiger partial charge in [-0.05, 0) is 64.2 Å². The fourth-order valence-corrected chi connectivity index (χ4v) is 5.89. The summed E-state index contributed by atoms with van der Waals surface area (Å²) in [5.41, 5.74) is 0. The highest BCUT2D eigenvalue weighted by atomic mass is 16.7. The Kier molecular flexibility index (Phi) is 39.2. The molecule has 2 unspecified atom stereocenters. The van der Waals surface area contributed by atoms with Crippen LogP contribution < -0.4 is 5.11 Å². The number of likely N-dealkylation sites (N-methyl/N-ethyl adjacent to an activating group) is 1. The Bertz CT molecular complexity index is 1200. The van der Waals surface area contributed by atoms with Crippen molar-refractivity contribution in [3.8, 4) is 0 Å². The Labute approximate surface area is 360 Å². The number of quaternary nitrogens is 1. The van der Waals surface area contributed by atoms with Crippen LogP contribution in [0.15, 0.2) is 72.9 Å². The molecule has 9 heteroatoms. The Morgan fingerprint density at radius 2 is 0.966 bits per heavy atom. The highest BCUT2D eigenvalue weighted by Crippen LogP contribution is 2.13. The Balaban J connectivity index is 4.25. The van der Waals surface area contributed by atoms with Gasteiger partial charge in [0, 0.05) is 12.8 Å². The minimum Gasteiger partial charge on any atom is -0.545 e. The average Bonchev–Trinajstić information content (AvgIpc) is 3.19. The number of esters is 2. The SMILES string of the molecule is CC/C=C\C/C=C\C/C=C\C/C=C\C/C=C\C/C=C\CCCCCCCCCCC(=O)OC(COC(=O)CCCCCCCCC)COC(OCC[N+](C)(C)C)C(=O)[O-]. The van der Waals surface area contributed by atoms with Crippen LogP contribution in [0, 0.1) is 0 Å². The number of carbonyl (C=O) groups is 3. The second-order valence-electron chi connectivity index (χ2n) is 16.3. The number of aliphatic carboxylic acids is 1. The minimum atomic E-state index is -1.62. The van der Waals surface area contributed by atoms with Crippen molar-refractivity contribution < 1.29 is 42.9 Å². The van der Waals surface area contributed by atoms with Crippen LogP contribution in [0.4, 0.5) is 0 Å². The summed E-state index contributed by atoms with van der Waals surface area (Å²) in [6.45, 7) is 4.54. The standard InChI is InChI=1S/C50H85NO8/c1-6-8-10-12-14-15-16-17-18-19-20-21-22-23-24-25-26-27-28-29-30-31-32-33-35-37-39-41-48(53)59-46(44-57-47(52)40-38-36-34-13-11-9-7-2)45-58-50(49(54)55)56-43-42-51(3,4)5/h8,10,14-15,17-18,20-21,23-24,26-27,46,50H,6-7,9,11-13,16,19,22,25,28-45H2,1-5H3/b10-8-,15-14-,18-17-,21-20-,24-23-,27-26-. The van der Waals surface area contributed by atoms with E-state index in [-0.39, 0.29) is 38.6 Å². The van der Waals surface area contributed by atoms with Gasteiger partial charge in [0.1, 0.15) is 13.2 Å². The van der Waals surface area contributed by atoms with Crippen LogP contribution in [-0.2, 0) is 33.3 Å². The lowest BCUT2D eigenvalue weighted by Gasteiger charge is -2.26. The van der Waals surface area contributed by atoms with E-state index < -0.39 is 24.3 Å².